The first-order chi connectivity index (χ1) is 8.20. The van der Waals surface area contributed by atoms with E-state index in [1.807, 2.05) is 10.6 Å². The number of fused-ring (bicyclic) bond motifs is 1. The normalized spacial score (nSPS) is 12.9. The van der Waals surface area contributed by atoms with Gasteiger partial charge in [-0.05, 0) is 37.5 Å². The van der Waals surface area contributed by atoms with E-state index >= 15 is 0 Å². The molecule has 0 radical (unpaired) electrons. The fourth-order valence-corrected chi connectivity index (χ4v) is 1.97. The standard InChI is InChI=1S/C12H17BrN4/c1-3-10(13)4-5-14-11-6-9(2)7-12-15-8-16-17(11)12/h6-8,10,14H,3-5H2,1-2H3. The third-order valence-electron chi connectivity index (χ3n) is 2.73. The second kappa shape index (κ2) is 5.49. The Kier molecular flexibility index (Phi) is 3.99. The molecule has 1 unspecified atom stereocenters. The Bertz CT molecular complexity index is 494. The van der Waals surface area contributed by atoms with E-state index in [2.05, 4.69) is 51.2 Å². The molecule has 2 heterocycles. The summed E-state index contributed by atoms with van der Waals surface area (Å²) in [6, 6.07) is 4.12. The van der Waals surface area contributed by atoms with Crippen LogP contribution in [0.5, 0.6) is 0 Å². The zero-order chi connectivity index (χ0) is 12.3. The maximum Gasteiger partial charge on any atom is 0.157 e. The maximum absolute atomic E-state index is 4.21. The van der Waals surface area contributed by atoms with E-state index in [9.17, 15) is 0 Å². The molecule has 5 heteroatoms. The van der Waals surface area contributed by atoms with Crippen LogP contribution in [0.25, 0.3) is 5.65 Å². The maximum atomic E-state index is 4.21. The van der Waals surface area contributed by atoms with Gasteiger partial charge in [0.25, 0.3) is 0 Å². The molecule has 0 bridgehead atoms. The van der Waals surface area contributed by atoms with Gasteiger partial charge in [0.15, 0.2) is 5.65 Å². The highest BCUT2D eigenvalue weighted by molar-refractivity contribution is 9.09. The van der Waals surface area contributed by atoms with E-state index in [0.29, 0.717) is 4.83 Å². The highest BCUT2D eigenvalue weighted by atomic mass is 79.9. The second-order valence-corrected chi connectivity index (χ2v) is 5.46. The Morgan fingerprint density at radius 3 is 3.06 bits per heavy atom. The van der Waals surface area contributed by atoms with Gasteiger partial charge in [0.2, 0.25) is 0 Å². The summed E-state index contributed by atoms with van der Waals surface area (Å²) in [5, 5.41) is 7.62. The molecular weight excluding hydrogens is 280 g/mol. The minimum Gasteiger partial charge on any atom is -0.370 e. The molecule has 2 aromatic rings. The SMILES string of the molecule is CCC(Br)CCNc1cc(C)cc2ncnn12. The topological polar surface area (TPSA) is 42.2 Å². The summed E-state index contributed by atoms with van der Waals surface area (Å²) in [7, 11) is 0. The third kappa shape index (κ3) is 2.97. The third-order valence-corrected chi connectivity index (χ3v) is 3.84. The van der Waals surface area contributed by atoms with Crippen LogP contribution in [0, 0.1) is 6.92 Å². The Morgan fingerprint density at radius 2 is 2.29 bits per heavy atom. The number of hydrogen-bond donors (Lipinski definition) is 1. The van der Waals surface area contributed by atoms with Crippen LogP contribution >= 0.6 is 15.9 Å². The number of aryl methyl sites for hydroxylation is 1. The highest BCUT2D eigenvalue weighted by Gasteiger charge is 2.05. The quantitative estimate of drug-likeness (QED) is 0.863. The van der Waals surface area contributed by atoms with Crippen LogP contribution in [0.15, 0.2) is 18.5 Å². The van der Waals surface area contributed by atoms with E-state index in [1.54, 1.807) is 6.33 Å². The summed E-state index contributed by atoms with van der Waals surface area (Å²) < 4.78 is 1.84. The van der Waals surface area contributed by atoms with Crippen molar-refractivity contribution in [3.05, 3.63) is 24.0 Å². The highest BCUT2D eigenvalue weighted by Crippen LogP contribution is 2.14. The van der Waals surface area contributed by atoms with E-state index in [-0.39, 0.29) is 0 Å². The first-order valence-corrected chi connectivity index (χ1v) is 6.80. The van der Waals surface area contributed by atoms with Crippen LogP contribution < -0.4 is 5.32 Å². The molecule has 17 heavy (non-hydrogen) atoms. The molecule has 0 amide bonds. The van der Waals surface area contributed by atoms with Gasteiger partial charge in [0.1, 0.15) is 12.1 Å². The van der Waals surface area contributed by atoms with Gasteiger partial charge in [0.05, 0.1) is 0 Å². The van der Waals surface area contributed by atoms with Gasteiger partial charge in [-0.15, -0.1) is 0 Å². The first-order valence-electron chi connectivity index (χ1n) is 5.89. The van der Waals surface area contributed by atoms with Crippen molar-refractivity contribution in [2.24, 2.45) is 0 Å². The number of pyridine rings is 1. The predicted molar refractivity (Wildman–Crippen MR) is 73.8 cm³/mol. The van der Waals surface area contributed by atoms with Crippen LogP contribution in [0.4, 0.5) is 5.82 Å². The molecular formula is C12H17BrN4. The van der Waals surface area contributed by atoms with Crippen molar-refractivity contribution in [3.63, 3.8) is 0 Å². The Morgan fingerprint density at radius 1 is 1.47 bits per heavy atom. The summed E-state index contributed by atoms with van der Waals surface area (Å²) in [4.78, 5) is 4.78. The number of nitrogens with one attached hydrogen (secondary N) is 1. The molecule has 0 spiro atoms. The molecule has 2 rings (SSSR count). The van der Waals surface area contributed by atoms with Crippen LogP contribution in [0.1, 0.15) is 25.3 Å². The lowest BCUT2D eigenvalue weighted by molar-refractivity contribution is 0.769. The van der Waals surface area contributed by atoms with Gasteiger partial charge in [-0.25, -0.2) is 4.98 Å². The molecule has 0 fully saturated rings. The molecule has 0 aromatic carbocycles. The van der Waals surface area contributed by atoms with Crippen LogP contribution in [-0.4, -0.2) is 26.0 Å². The second-order valence-electron chi connectivity index (χ2n) is 4.17. The van der Waals surface area contributed by atoms with Crippen LogP contribution in [0.3, 0.4) is 0 Å². The molecule has 2 aromatic heterocycles. The summed E-state index contributed by atoms with van der Waals surface area (Å²) in [5.74, 6) is 1.01. The van der Waals surface area contributed by atoms with E-state index in [4.69, 9.17) is 0 Å². The minimum absolute atomic E-state index is 0.575. The van der Waals surface area contributed by atoms with E-state index in [1.165, 1.54) is 5.56 Å². The first kappa shape index (κ1) is 12.4. The fraction of sp³-hybridized carbons (Fsp3) is 0.500. The van der Waals surface area contributed by atoms with Gasteiger partial charge in [-0.1, -0.05) is 22.9 Å². The van der Waals surface area contributed by atoms with E-state index < -0.39 is 0 Å². The van der Waals surface area contributed by atoms with Gasteiger partial charge < -0.3 is 5.32 Å². The van der Waals surface area contributed by atoms with Crippen molar-refractivity contribution < 1.29 is 0 Å². The van der Waals surface area contributed by atoms with Crippen molar-refractivity contribution in [2.75, 3.05) is 11.9 Å². The summed E-state index contributed by atoms with van der Waals surface area (Å²) in [5.41, 5.74) is 2.08. The lowest BCUT2D eigenvalue weighted by Crippen LogP contribution is -2.10. The summed E-state index contributed by atoms with van der Waals surface area (Å²) >= 11 is 3.63. The fourth-order valence-electron chi connectivity index (χ4n) is 1.74. The average molecular weight is 297 g/mol. The Balaban J connectivity index is 2.09. The zero-order valence-corrected chi connectivity index (χ0v) is 11.7. The largest absolute Gasteiger partial charge is 0.370 e. The molecule has 0 saturated heterocycles. The molecule has 92 valence electrons. The van der Waals surface area contributed by atoms with Crippen molar-refractivity contribution in [1.82, 2.24) is 14.6 Å². The van der Waals surface area contributed by atoms with Gasteiger partial charge >= 0.3 is 0 Å². The van der Waals surface area contributed by atoms with E-state index in [0.717, 1.165) is 30.9 Å². The number of alkyl halides is 1. The molecule has 1 N–H and O–H groups in total. The number of halogens is 1. The van der Waals surface area contributed by atoms with Gasteiger partial charge in [-0.3, -0.25) is 0 Å². The molecule has 0 saturated carbocycles. The summed E-state index contributed by atoms with van der Waals surface area (Å²) in [6.07, 6.45) is 3.83. The Hall–Kier alpha value is -1.10. The van der Waals surface area contributed by atoms with Gasteiger partial charge in [-0.2, -0.15) is 9.61 Å². The van der Waals surface area contributed by atoms with Crippen molar-refractivity contribution in [1.29, 1.82) is 0 Å². The van der Waals surface area contributed by atoms with Crippen LogP contribution in [-0.2, 0) is 0 Å². The molecule has 0 aliphatic carbocycles. The van der Waals surface area contributed by atoms with Crippen molar-refractivity contribution in [2.45, 2.75) is 31.5 Å². The number of anilines is 1. The molecule has 1 atom stereocenters. The monoisotopic (exact) mass is 296 g/mol. The van der Waals surface area contributed by atoms with Gasteiger partial charge in [0, 0.05) is 11.4 Å². The number of aromatic nitrogens is 3. The zero-order valence-electron chi connectivity index (χ0n) is 10.2. The molecule has 0 aliphatic heterocycles. The smallest absolute Gasteiger partial charge is 0.157 e. The summed E-state index contributed by atoms with van der Waals surface area (Å²) in [6.45, 7) is 5.18. The average Bonchev–Trinajstić information content (AvgIpc) is 2.76. The van der Waals surface area contributed by atoms with Crippen molar-refractivity contribution >= 4 is 27.4 Å². The number of rotatable bonds is 5. The minimum atomic E-state index is 0.575. The van der Waals surface area contributed by atoms with Crippen LogP contribution in [0.2, 0.25) is 0 Å². The molecule has 4 nitrogen and oxygen atoms in total. The van der Waals surface area contributed by atoms with Crippen molar-refractivity contribution in [3.8, 4) is 0 Å². The predicted octanol–water partition coefficient (Wildman–Crippen LogP) is 3.01. The lowest BCUT2D eigenvalue weighted by Gasteiger charge is -2.11. The Labute approximate surface area is 110 Å². The number of hydrogen-bond acceptors (Lipinski definition) is 3. The molecule has 0 aliphatic rings. The lowest BCUT2D eigenvalue weighted by atomic mass is 10.2. The number of nitrogens with zero attached hydrogens (tertiary/aromatic N) is 3.